The molecule has 0 aliphatic heterocycles. The minimum atomic E-state index is 0.291. The van der Waals surface area contributed by atoms with Crippen LogP contribution in [0.3, 0.4) is 0 Å². The van der Waals surface area contributed by atoms with Crippen molar-refractivity contribution in [2.75, 3.05) is 13.6 Å². The molecule has 2 rings (SSSR count). The average molecular weight is 210 g/mol. The third-order valence-electron chi connectivity index (χ3n) is 2.40. The van der Waals surface area contributed by atoms with Crippen molar-refractivity contribution >= 4 is 17.1 Å². The maximum Gasteiger partial charge on any atom is 0.174 e. The highest BCUT2D eigenvalue weighted by molar-refractivity contribution is 7.13. The summed E-state index contributed by atoms with van der Waals surface area (Å²) in [4.78, 5) is 16.9. The van der Waals surface area contributed by atoms with Crippen LogP contribution in [0.15, 0.2) is 0 Å². The summed E-state index contributed by atoms with van der Waals surface area (Å²) >= 11 is 1.58. The number of fused-ring (bicyclic) bond motifs is 1. The summed E-state index contributed by atoms with van der Waals surface area (Å²) in [5, 5.41) is 4.19. The van der Waals surface area contributed by atoms with E-state index in [9.17, 15) is 4.79 Å². The van der Waals surface area contributed by atoms with Crippen molar-refractivity contribution in [2.45, 2.75) is 25.7 Å². The fourth-order valence-electron chi connectivity index (χ4n) is 1.66. The molecule has 0 amide bonds. The molecule has 76 valence electrons. The van der Waals surface area contributed by atoms with Gasteiger partial charge in [-0.25, -0.2) is 4.98 Å². The smallest absolute Gasteiger partial charge is 0.174 e. The largest absolute Gasteiger partial charge is 0.319 e. The Morgan fingerprint density at radius 3 is 3.07 bits per heavy atom. The van der Waals surface area contributed by atoms with E-state index in [0.717, 1.165) is 41.4 Å². The number of thiazole rings is 1. The van der Waals surface area contributed by atoms with Crippen molar-refractivity contribution in [2.24, 2.45) is 0 Å². The molecule has 0 fully saturated rings. The van der Waals surface area contributed by atoms with Crippen LogP contribution in [0.5, 0.6) is 0 Å². The summed E-state index contributed by atoms with van der Waals surface area (Å²) in [6.07, 6.45) is 3.60. The molecule has 1 N–H and O–H groups in total. The van der Waals surface area contributed by atoms with Crippen molar-refractivity contribution in [3.63, 3.8) is 0 Å². The van der Waals surface area contributed by atoms with Gasteiger partial charge >= 0.3 is 0 Å². The minimum absolute atomic E-state index is 0.291. The normalized spacial score (nSPS) is 15.6. The Balaban J connectivity index is 2.17. The summed E-state index contributed by atoms with van der Waals surface area (Å²) in [7, 11) is 1.93. The van der Waals surface area contributed by atoms with Gasteiger partial charge in [-0.05, 0) is 19.9 Å². The Hall–Kier alpha value is -0.740. The Kier molecular flexibility index (Phi) is 2.93. The van der Waals surface area contributed by atoms with Crippen molar-refractivity contribution < 1.29 is 4.79 Å². The van der Waals surface area contributed by atoms with Crippen LogP contribution in [0.25, 0.3) is 0 Å². The van der Waals surface area contributed by atoms with E-state index in [1.54, 1.807) is 11.3 Å². The first-order chi connectivity index (χ1) is 6.81. The number of likely N-dealkylation sites (N-methyl/N-ethyl adjacent to an activating group) is 1. The lowest BCUT2D eigenvalue weighted by Crippen LogP contribution is -2.10. The molecule has 0 unspecified atom stereocenters. The Labute approximate surface area is 87.6 Å². The maximum atomic E-state index is 11.5. The van der Waals surface area contributed by atoms with Gasteiger partial charge in [-0.2, -0.15) is 0 Å². The van der Waals surface area contributed by atoms with Gasteiger partial charge in [0.05, 0.1) is 15.6 Å². The standard InChI is InChI=1S/C10H14N2OS/c1-11-6-5-9-12-7-3-2-4-8(13)10(7)14-9/h11H,2-6H2,1H3. The van der Waals surface area contributed by atoms with Crippen molar-refractivity contribution in [1.82, 2.24) is 10.3 Å². The van der Waals surface area contributed by atoms with Gasteiger partial charge in [-0.15, -0.1) is 11.3 Å². The minimum Gasteiger partial charge on any atom is -0.319 e. The highest BCUT2D eigenvalue weighted by atomic mass is 32.1. The van der Waals surface area contributed by atoms with Gasteiger partial charge in [0.15, 0.2) is 5.78 Å². The van der Waals surface area contributed by atoms with Gasteiger partial charge in [0.1, 0.15) is 0 Å². The van der Waals surface area contributed by atoms with Crippen LogP contribution < -0.4 is 5.32 Å². The molecule has 0 aromatic carbocycles. The molecule has 0 spiro atoms. The lowest BCUT2D eigenvalue weighted by Gasteiger charge is -2.06. The quantitative estimate of drug-likeness (QED) is 0.820. The van der Waals surface area contributed by atoms with Gasteiger partial charge in [0.2, 0.25) is 0 Å². The highest BCUT2D eigenvalue weighted by Gasteiger charge is 2.21. The zero-order chi connectivity index (χ0) is 9.97. The molecule has 1 aromatic rings. The van der Waals surface area contributed by atoms with Gasteiger partial charge in [0, 0.05) is 19.4 Å². The van der Waals surface area contributed by atoms with Crippen LogP contribution in [-0.4, -0.2) is 24.4 Å². The molecule has 1 aliphatic rings. The van der Waals surface area contributed by atoms with Crippen LogP contribution in [0.4, 0.5) is 0 Å². The number of ketones is 1. The number of nitrogens with zero attached hydrogens (tertiary/aromatic N) is 1. The number of carbonyl (C=O) groups is 1. The van der Waals surface area contributed by atoms with E-state index in [1.807, 2.05) is 7.05 Å². The van der Waals surface area contributed by atoms with Crippen LogP contribution in [-0.2, 0) is 12.8 Å². The predicted octanol–water partition coefficient (Wildman–Crippen LogP) is 1.42. The first-order valence-corrected chi connectivity index (χ1v) is 5.79. The number of aromatic nitrogens is 1. The lowest BCUT2D eigenvalue weighted by molar-refractivity contribution is 0.0976. The van der Waals surface area contributed by atoms with E-state index in [1.165, 1.54) is 0 Å². The molecular formula is C10H14N2OS. The summed E-state index contributed by atoms with van der Waals surface area (Å²) in [6, 6.07) is 0. The van der Waals surface area contributed by atoms with Crippen LogP contribution in [0.2, 0.25) is 0 Å². The van der Waals surface area contributed by atoms with E-state index in [0.29, 0.717) is 12.2 Å². The number of rotatable bonds is 3. The first-order valence-electron chi connectivity index (χ1n) is 4.97. The van der Waals surface area contributed by atoms with E-state index in [-0.39, 0.29) is 0 Å². The average Bonchev–Trinajstić information content (AvgIpc) is 2.59. The molecule has 3 nitrogen and oxygen atoms in total. The fourth-order valence-corrected chi connectivity index (χ4v) is 2.73. The van der Waals surface area contributed by atoms with Gasteiger partial charge < -0.3 is 5.32 Å². The van der Waals surface area contributed by atoms with E-state index in [2.05, 4.69) is 10.3 Å². The lowest BCUT2D eigenvalue weighted by atomic mass is 10.0. The zero-order valence-electron chi connectivity index (χ0n) is 8.30. The van der Waals surface area contributed by atoms with E-state index < -0.39 is 0 Å². The molecule has 1 aliphatic carbocycles. The van der Waals surface area contributed by atoms with Gasteiger partial charge in [0.25, 0.3) is 0 Å². The second-order valence-corrected chi connectivity index (χ2v) is 4.60. The third-order valence-corrected chi connectivity index (χ3v) is 3.60. The second-order valence-electron chi connectivity index (χ2n) is 3.51. The maximum absolute atomic E-state index is 11.5. The Morgan fingerprint density at radius 2 is 2.36 bits per heavy atom. The summed E-state index contributed by atoms with van der Waals surface area (Å²) in [5.74, 6) is 0.291. The number of aryl methyl sites for hydroxylation is 1. The molecule has 0 atom stereocenters. The number of hydrogen-bond acceptors (Lipinski definition) is 4. The number of nitrogens with one attached hydrogen (secondary N) is 1. The topological polar surface area (TPSA) is 42.0 Å². The molecule has 0 saturated carbocycles. The monoisotopic (exact) mass is 210 g/mol. The highest BCUT2D eigenvalue weighted by Crippen LogP contribution is 2.26. The Bertz CT molecular complexity index is 346. The van der Waals surface area contributed by atoms with Crippen molar-refractivity contribution in [1.29, 1.82) is 0 Å². The van der Waals surface area contributed by atoms with Crippen molar-refractivity contribution in [3.05, 3.63) is 15.6 Å². The molecule has 0 radical (unpaired) electrons. The molecule has 4 heteroatoms. The van der Waals surface area contributed by atoms with Crippen molar-refractivity contribution in [3.8, 4) is 0 Å². The third kappa shape index (κ3) is 1.86. The number of carbonyl (C=O) groups excluding carboxylic acids is 1. The van der Waals surface area contributed by atoms with Gasteiger partial charge in [-0.3, -0.25) is 4.79 Å². The summed E-state index contributed by atoms with van der Waals surface area (Å²) in [6.45, 7) is 0.931. The van der Waals surface area contributed by atoms with Gasteiger partial charge in [-0.1, -0.05) is 0 Å². The first kappa shape index (κ1) is 9.80. The number of Topliss-reactive ketones (excluding diaryl/α,β-unsaturated/α-hetero) is 1. The predicted molar refractivity (Wildman–Crippen MR) is 57.0 cm³/mol. The molecule has 14 heavy (non-hydrogen) atoms. The molecule has 1 heterocycles. The second kappa shape index (κ2) is 4.19. The number of hydrogen-bond donors (Lipinski definition) is 1. The van der Waals surface area contributed by atoms with E-state index in [4.69, 9.17) is 0 Å². The fraction of sp³-hybridized carbons (Fsp3) is 0.600. The Morgan fingerprint density at radius 1 is 1.50 bits per heavy atom. The molecular weight excluding hydrogens is 196 g/mol. The van der Waals surface area contributed by atoms with Crippen LogP contribution in [0, 0.1) is 0 Å². The SMILES string of the molecule is CNCCc1nc2c(s1)C(=O)CCC2. The van der Waals surface area contributed by atoms with E-state index >= 15 is 0 Å². The van der Waals surface area contributed by atoms with Crippen LogP contribution >= 0.6 is 11.3 Å². The molecule has 1 aromatic heterocycles. The molecule has 0 saturated heterocycles. The molecule has 0 bridgehead atoms. The van der Waals surface area contributed by atoms with Crippen LogP contribution in [0.1, 0.15) is 33.2 Å². The zero-order valence-corrected chi connectivity index (χ0v) is 9.12. The summed E-state index contributed by atoms with van der Waals surface area (Å²) in [5.41, 5.74) is 1.04. The summed E-state index contributed by atoms with van der Waals surface area (Å²) < 4.78 is 0.